The molecule has 0 saturated carbocycles. The molecule has 0 atom stereocenters. The molecule has 0 spiro atoms. The van der Waals surface area contributed by atoms with Crippen molar-refractivity contribution in [1.82, 2.24) is 15.0 Å². The lowest BCUT2D eigenvalue weighted by atomic mass is 10.1. The Balaban J connectivity index is 2.57. The van der Waals surface area contributed by atoms with E-state index in [0.717, 1.165) is 5.69 Å². The molecule has 0 radical (unpaired) electrons. The summed E-state index contributed by atoms with van der Waals surface area (Å²) in [5.41, 5.74) is 6.92. The van der Waals surface area contributed by atoms with Crippen molar-refractivity contribution in [2.24, 2.45) is 0 Å². The summed E-state index contributed by atoms with van der Waals surface area (Å²) in [6.45, 7) is 3.90. The fraction of sp³-hybridized carbons (Fsp3) is 0.273. The van der Waals surface area contributed by atoms with Crippen LogP contribution in [-0.4, -0.2) is 19.9 Å². The van der Waals surface area contributed by atoms with Crippen molar-refractivity contribution in [3.63, 3.8) is 0 Å². The maximum absolute atomic E-state index is 10.7. The van der Waals surface area contributed by atoms with Crippen molar-refractivity contribution in [2.45, 2.75) is 19.8 Å². The Morgan fingerprint density at radius 3 is 2.68 bits per heavy atom. The fourth-order valence-electron chi connectivity index (χ4n) is 1.80. The molecule has 1 aromatic carbocycles. The van der Waals surface area contributed by atoms with Crippen molar-refractivity contribution in [2.75, 3.05) is 5.73 Å². The number of nitrogens with zero attached hydrogens (tertiary/aromatic N) is 4. The zero-order chi connectivity index (χ0) is 14.2. The molecule has 0 saturated heterocycles. The summed E-state index contributed by atoms with van der Waals surface area (Å²) in [6.07, 6.45) is 0. The molecule has 2 aromatic rings. The van der Waals surface area contributed by atoms with Gasteiger partial charge in [-0.1, -0.05) is 30.7 Å². The Morgan fingerprint density at radius 2 is 2.16 bits per heavy atom. The number of nitrogens with two attached hydrogens (primary N) is 1. The van der Waals surface area contributed by atoms with Gasteiger partial charge in [0.15, 0.2) is 5.82 Å². The van der Waals surface area contributed by atoms with E-state index >= 15 is 0 Å². The number of anilines is 1. The highest BCUT2D eigenvalue weighted by atomic mass is 35.5. The molecule has 2 N–H and O–H groups in total. The number of hydrogen-bond acceptors (Lipinski definition) is 5. The summed E-state index contributed by atoms with van der Waals surface area (Å²) in [7, 11) is 0. The Kier molecular flexibility index (Phi) is 3.39. The largest absolute Gasteiger partial charge is 0.381 e. The van der Waals surface area contributed by atoms with Crippen LogP contribution in [0.3, 0.4) is 0 Å². The fourth-order valence-corrected chi connectivity index (χ4v) is 2.06. The van der Waals surface area contributed by atoms with E-state index in [9.17, 15) is 10.1 Å². The van der Waals surface area contributed by atoms with Crippen molar-refractivity contribution < 1.29 is 4.92 Å². The number of rotatable bonds is 3. The van der Waals surface area contributed by atoms with Gasteiger partial charge < -0.3 is 5.73 Å². The third-order valence-electron chi connectivity index (χ3n) is 2.65. The van der Waals surface area contributed by atoms with Crippen molar-refractivity contribution >= 4 is 23.1 Å². The molecule has 100 valence electrons. The Bertz CT molecular complexity index is 638. The zero-order valence-electron chi connectivity index (χ0n) is 10.4. The SMILES string of the molecule is CC(C)c1c(N)nnn1-c1ccc([N+](=O)[O-])cc1Cl. The minimum atomic E-state index is -0.505. The van der Waals surface area contributed by atoms with Crippen LogP contribution < -0.4 is 5.73 Å². The molecule has 0 aliphatic rings. The average Bonchev–Trinajstić information content (AvgIpc) is 2.70. The van der Waals surface area contributed by atoms with Gasteiger partial charge in [-0.25, -0.2) is 4.68 Å². The lowest BCUT2D eigenvalue weighted by Crippen LogP contribution is -2.06. The van der Waals surface area contributed by atoms with E-state index in [1.807, 2.05) is 13.8 Å². The average molecular weight is 282 g/mol. The summed E-state index contributed by atoms with van der Waals surface area (Å²) in [5.74, 6) is 0.422. The first kappa shape index (κ1) is 13.3. The summed E-state index contributed by atoms with van der Waals surface area (Å²) >= 11 is 6.06. The maximum Gasteiger partial charge on any atom is 0.271 e. The van der Waals surface area contributed by atoms with Crippen LogP contribution in [0.25, 0.3) is 5.69 Å². The van der Waals surface area contributed by atoms with Crippen molar-refractivity contribution in [3.05, 3.63) is 39.0 Å². The quantitative estimate of drug-likeness (QED) is 0.688. The van der Waals surface area contributed by atoms with Crippen LogP contribution in [0.4, 0.5) is 11.5 Å². The van der Waals surface area contributed by atoms with Crippen LogP contribution in [0.1, 0.15) is 25.5 Å². The normalized spacial score (nSPS) is 10.9. The highest BCUT2D eigenvalue weighted by Gasteiger charge is 2.18. The topological polar surface area (TPSA) is 99.9 Å². The summed E-state index contributed by atoms with van der Waals surface area (Å²) in [4.78, 5) is 10.2. The number of aromatic nitrogens is 3. The van der Waals surface area contributed by atoms with E-state index in [-0.39, 0.29) is 16.6 Å². The molecule has 0 amide bonds. The number of benzene rings is 1. The number of non-ortho nitro benzene ring substituents is 1. The van der Waals surface area contributed by atoms with Crippen LogP contribution in [0.2, 0.25) is 5.02 Å². The number of nitrogen functional groups attached to an aromatic ring is 1. The van der Waals surface area contributed by atoms with Gasteiger partial charge in [-0.05, 0) is 12.0 Å². The predicted octanol–water partition coefficient (Wildman–Crippen LogP) is 2.53. The van der Waals surface area contributed by atoms with Crippen LogP contribution >= 0.6 is 11.6 Å². The predicted molar refractivity (Wildman–Crippen MR) is 71.5 cm³/mol. The van der Waals surface area contributed by atoms with Gasteiger partial charge in [-0.15, -0.1) is 5.10 Å². The number of halogens is 1. The molecule has 0 aliphatic carbocycles. The number of nitro benzene ring substituents is 1. The second-order valence-corrected chi connectivity index (χ2v) is 4.73. The minimum absolute atomic E-state index is 0.0760. The molecule has 19 heavy (non-hydrogen) atoms. The number of nitro groups is 1. The van der Waals surface area contributed by atoms with Gasteiger partial charge in [0, 0.05) is 12.1 Å². The monoisotopic (exact) mass is 281 g/mol. The maximum atomic E-state index is 10.7. The molecule has 0 aliphatic heterocycles. The molecule has 2 rings (SSSR count). The number of hydrogen-bond donors (Lipinski definition) is 1. The third kappa shape index (κ3) is 2.37. The van der Waals surface area contributed by atoms with Crippen molar-refractivity contribution in [3.8, 4) is 5.69 Å². The van der Waals surface area contributed by atoms with Gasteiger partial charge in [-0.3, -0.25) is 10.1 Å². The molecular formula is C11H12ClN5O2. The zero-order valence-corrected chi connectivity index (χ0v) is 11.1. The second kappa shape index (κ2) is 4.85. The van der Waals surface area contributed by atoms with Gasteiger partial charge in [0.25, 0.3) is 5.69 Å². The molecule has 0 fully saturated rings. The summed E-state index contributed by atoms with van der Waals surface area (Å²) < 4.78 is 1.51. The van der Waals surface area contributed by atoms with Gasteiger partial charge >= 0.3 is 0 Å². The molecule has 1 aromatic heterocycles. The van der Waals surface area contributed by atoms with E-state index in [0.29, 0.717) is 11.5 Å². The lowest BCUT2D eigenvalue weighted by Gasteiger charge is -2.10. The Morgan fingerprint density at radius 1 is 1.47 bits per heavy atom. The van der Waals surface area contributed by atoms with E-state index in [4.69, 9.17) is 17.3 Å². The Hall–Kier alpha value is -2.15. The summed E-state index contributed by atoms with van der Waals surface area (Å²) in [5, 5.41) is 18.6. The Labute approximate surface area is 114 Å². The van der Waals surface area contributed by atoms with Gasteiger partial charge in [0.05, 0.1) is 21.3 Å². The standard InChI is InChI=1S/C11H12ClN5O2/c1-6(2)10-11(13)14-15-16(10)9-4-3-7(17(18)19)5-8(9)12/h3-6H,13H2,1-2H3. The van der Waals surface area contributed by atoms with Crippen LogP contribution in [0.15, 0.2) is 18.2 Å². The molecule has 1 heterocycles. The van der Waals surface area contributed by atoms with Crippen LogP contribution in [0, 0.1) is 10.1 Å². The molecule has 0 unspecified atom stereocenters. The molecule has 7 nitrogen and oxygen atoms in total. The first-order chi connectivity index (χ1) is 8.91. The van der Waals surface area contributed by atoms with E-state index in [1.54, 1.807) is 0 Å². The second-order valence-electron chi connectivity index (χ2n) is 4.32. The van der Waals surface area contributed by atoms with Crippen LogP contribution in [-0.2, 0) is 0 Å². The molecule has 8 heteroatoms. The molecular weight excluding hydrogens is 270 g/mol. The highest BCUT2D eigenvalue weighted by molar-refractivity contribution is 6.32. The smallest absolute Gasteiger partial charge is 0.271 e. The first-order valence-corrected chi connectivity index (χ1v) is 5.95. The van der Waals surface area contributed by atoms with Gasteiger partial charge in [0.1, 0.15) is 0 Å². The van der Waals surface area contributed by atoms with E-state index in [2.05, 4.69) is 10.3 Å². The van der Waals surface area contributed by atoms with Gasteiger partial charge in [-0.2, -0.15) is 0 Å². The van der Waals surface area contributed by atoms with Gasteiger partial charge in [0.2, 0.25) is 0 Å². The lowest BCUT2D eigenvalue weighted by molar-refractivity contribution is -0.384. The molecule has 0 bridgehead atoms. The van der Waals surface area contributed by atoms with E-state index in [1.165, 1.54) is 22.9 Å². The highest BCUT2D eigenvalue weighted by Crippen LogP contribution is 2.29. The van der Waals surface area contributed by atoms with Crippen LogP contribution in [0.5, 0.6) is 0 Å². The van der Waals surface area contributed by atoms with Crippen molar-refractivity contribution in [1.29, 1.82) is 0 Å². The summed E-state index contributed by atoms with van der Waals surface area (Å²) in [6, 6.07) is 4.17. The van der Waals surface area contributed by atoms with E-state index < -0.39 is 4.92 Å². The minimum Gasteiger partial charge on any atom is -0.381 e. The first-order valence-electron chi connectivity index (χ1n) is 5.57. The third-order valence-corrected chi connectivity index (χ3v) is 2.95.